The molecular formula is C33H32F2N5O6P. The van der Waals surface area contributed by atoms with Crippen LogP contribution in [-0.4, -0.2) is 57.5 Å². The second kappa shape index (κ2) is 12.0. The summed E-state index contributed by atoms with van der Waals surface area (Å²) < 4.78 is 72.5. The van der Waals surface area contributed by atoms with Crippen molar-refractivity contribution in [3.8, 4) is 11.6 Å². The Hall–Kier alpha value is -4.42. The van der Waals surface area contributed by atoms with E-state index in [1.807, 2.05) is 84.9 Å². The number of hydrogen-bond acceptors (Lipinski definition) is 10. The van der Waals surface area contributed by atoms with Gasteiger partial charge < -0.3 is 24.1 Å². The second-order valence-electron chi connectivity index (χ2n) is 11.4. The summed E-state index contributed by atoms with van der Waals surface area (Å²) in [6, 6.07) is 27.2. The molecule has 47 heavy (non-hydrogen) atoms. The number of fused-ring (bicyclic) bond motifs is 2. The zero-order chi connectivity index (χ0) is 32.8. The molecule has 4 heterocycles. The largest absolute Gasteiger partial charge is 0.497 e. The van der Waals surface area contributed by atoms with Crippen molar-refractivity contribution >= 4 is 25.4 Å². The summed E-state index contributed by atoms with van der Waals surface area (Å²) in [6.45, 7) is 2.42. The number of hydrogen-bond donors (Lipinski definition) is 1. The van der Waals surface area contributed by atoms with Crippen molar-refractivity contribution in [1.29, 1.82) is 0 Å². The van der Waals surface area contributed by atoms with Crippen LogP contribution in [-0.2, 0) is 23.9 Å². The average Bonchev–Trinajstić information content (AvgIpc) is 3.60. The highest BCUT2D eigenvalue weighted by Gasteiger charge is 2.68. The Labute approximate surface area is 269 Å². The maximum absolute atomic E-state index is 16.4. The SMILES string of the molecule is CCOc1nc(NC(c2ccccc2)(c2ccccc2)c2ccc(OC)cc2)nc2c1ncn2[C@@H]1O[C@]2(F)CO[PH](=O)O[C@H]2[C@@]1(C)F. The van der Waals surface area contributed by atoms with Gasteiger partial charge in [-0.3, -0.25) is 13.7 Å². The normalized spacial score (nSPS) is 25.8. The summed E-state index contributed by atoms with van der Waals surface area (Å²) in [5, 5.41) is 3.59. The highest BCUT2D eigenvalue weighted by atomic mass is 31.1. The standard InChI is InChI=1S/C33H32F2N5O6P/c1-4-43-27-25-26(40(20-36-25)29-31(2,34)28-32(35,45-29)19-44-47(41)46-28)37-30(38-27)39-33(21-11-7-5-8-12-21,22-13-9-6-10-14-22)23-15-17-24(42-3)18-16-23/h5-18,20,28-29,47H,4,19H2,1-3H3,(H,37,38,39)/t28-,29+,31+,32+/m0/s1. The van der Waals surface area contributed by atoms with Crippen LogP contribution >= 0.6 is 8.25 Å². The van der Waals surface area contributed by atoms with Crippen LogP contribution in [0.3, 0.4) is 0 Å². The van der Waals surface area contributed by atoms with Crippen molar-refractivity contribution in [2.24, 2.45) is 0 Å². The average molecular weight is 664 g/mol. The number of halogens is 2. The van der Waals surface area contributed by atoms with E-state index in [0.29, 0.717) is 5.75 Å². The van der Waals surface area contributed by atoms with E-state index in [-0.39, 0.29) is 29.6 Å². The highest BCUT2D eigenvalue weighted by molar-refractivity contribution is 7.33. The van der Waals surface area contributed by atoms with Crippen molar-refractivity contribution in [2.45, 2.75) is 43.2 Å². The minimum absolute atomic E-state index is 0.111. The molecule has 1 unspecified atom stereocenters. The molecule has 5 aromatic rings. The number of benzene rings is 3. The molecule has 0 radical (unpaired) electrons. The number of anilines is 1. The predicted octanol–water partition coefficient (Wildman–Crippen LogP) is 6.37. The van der Waals surface area contributed by atoms with Gasteiger partial charge in [-0.15, -0.1) is 0 Å². The number of methoxy groups -OCH3 is 1. The number of nitrogens with zero attached hydrogens (tertiary/aromatic N) is 4. The third-order valence-electron chi connectivity index (χ3n) is 8.45. The first-order valence-corrected chi connectivity index (χ1v) is 16.2. The van der Waals surface area contributed by atoms with Gasteiger partial charge in [-0.05, 0) is 42.7 Å². The van der Waals surface area contributed by atoms with Gasteiger partial charge in [0.05, 0.1) is 20.0 Å². The van der Waals surface area contributed by atoms with Crippen molar-refractivity contribution in [2.75, 3.05) is 25.6 Å². The van der Waals surface area contributed by atoms with Gasteiger partial charge >= 0.3 is 8.25 Å². The van der Waals surface area contributed by atoms with Gasteiger partial charge in [0.2, 0.25) is 11.8 Å². The Balaban J connectivity index is 1.42. The molecule has 2 aliphatic heterocycles. The number of imidazole rings is 1. The topological polar surface area (TPSA) is 119 Å². The van der Waals surface area contributed by atoms with E-state index in [0.717, 1.165) is 23.6 Å². The van der Waals surface area contributed by atoms with Gasteiger partial charge in [0.25, 0.3) is 5.85 Å². The van der Waals surface area contributed by atoms with Gasteiger partial charge in [-0.1, -0.05) is 72.8 Å². The molecule has 5 atom stereocenters. The van der Waals surface area contributed by atoms with Crippen molar-refractivity contribution < 1.29 is 36.6 Å². The van der Waals surface area contributed by atoms with E-state index in [9.17, 15) is 4.57 Å². The number of rotatable bonds is 9. The second-order valence-corrected chi connectivity index (χ2v) is 12.4. The summed E-state index contributed by atoms with van der Waals surface area (Å²) >= 11 is 0. The summed E-state index contributed by atoms with van der Waals surface area (Å²) in [6.07, 6.45) is -2.13. The predicted molar refractivity (Wildman–Crippen MR) is 169 cm³/mol. The van der Waals surface area contributed by atoms with Gasteiger partial charge in [0.15, 0.2) is 29.2 Å². The lowest BCUT2D eigenvalue weighted by molar-refractivity contribution is -0.211. The molecule has 1 N–H and O–H groups in total. The lowest BCUT2D eigenvalue weighted by Gasteiger charge is -2.37. The maximum Gasteiger partial charge on any atom is 0.319 e. The molecule has 2 saturated heterocycles. The van der Waals surface area contributed by atoms with Crippen LogP contribution in [0.2, 0.25) is 0 Å². The van der Waals surface area contributed by atoms with Gasteiger partial charge in [0, 0.05) is 0 Å². The number of aromatic nitrogens is 4. The third-order valence-corrected chi connectivity index (χ3v) is 9.26. The Bertz CT molecular complexity index is 1870. The van der Waals surface area contributed by atoms with Crippen LogP contribution in [0.15, 0.2) is 91.3 Å². The third kappa shape index (κ3) is 5.23. The molecule has 0 saturated carbocycles. The molecular weight excluding hydrogens is 631 g/mol. The molecule has 14 heteroatoms. The molecule has 2 aromatic heterocycles. The molecule has 11 nitrogen and oxygen atoms in total. The molecule has 2 aliphatic rings. The van der Waals surface area contributed by atoms with Gasteiger partial charge in [-0.25, -0.2) is 13.8 Å². The van der Waals surface area contributed by atoms with Gasteiger partial charge in [0.1, 0.15) is 17.9 Å². The summed E-state index contributed by atoms with van der Waals surface area (Å²) in [5.74, 6) is -1.77. The molecule has 7 rings (SSSR count). The first-order chi connectivity index (χ1) is 22.7. The maximum atomic E-state index is 16.4. The van der Waals surface area contributed by atoms with E-state index < -0.39 is 44.3 Å². The molecule has 244 valence electrons. The van der Waals surface area contributed by atoms with E-state index >= 15 is 8.78 Å². The first kappa shape index (κ1) is 31.2. The molecule has 0 aliphatic carbocycles. The van der Waals surface area contributed by atoms with Crippen LogP contribution in [0.25, 0.3) is 11.2 Å². The highest BCUT2D eigenvalue weighted by Crippen LogP contribution is 2.56. The van der Waals surface area contributed by atoms with Crippen LogP contribution < -0.4 is 14.8 Å². The van der Waals surface area contributed by atoms with Crippen LogP contribution in [0.4, 0.5) is 14.7 Å². The van der Waals surface area contributed by atoms with Crippen LogP contribution in [0.5, 0.6) is 11.6 Å². The number of ether oxygens (including phenoxy) is 3. The fourth-order valence-electron chi connectivity index (χ4n) is 6.30. The Morgan fingerprint density at radius 3 is 2.26 bits per heavy atom. The quantitative estimate of drug-likeness (QED) is 0.141. The fourth-order valence-corrected chi connectivity index (χ4v) is 7.28. The van der Waals surface area contributed by atoms with E-state index in [1.54, 1.807) is 14.0 Å². The Morgan fingerprint density at radius 2 is 1.64 bits per heavy atom. The first-order valence-electron chi connectivity index (χ1n) is 15.0. The van der Waals surface area contributed by atoms with E-state index in [1.165, 1.54) is 10.9 Å². The van der Waals surface area contributed by atoms with Crippen molar-refractivity contribution in [3.63, 3.8) is 0 Å². The molecule has 2 fully saturated rings. The summed E-state index contributed by atoms with van der Waals surface area (Å²) in [4.78, 5) is 13.9. The zero-order valence-corrected chi connectivity index (χ0v) is 26.7. The van der Waals surface area contributed by atoms with Crippen LogP contribution in [0.1, 0.15) is 36.8 Å². The Kier molecular flexibility index (Phi) is 7.96. The monoisotopic (exact) mass is 663 g/mol. The molecule has 0 bridgehead atoms. The zero-order valence-electron chi connectivity index (χ0n) is 25.7. The van der Waals surface area contributed by atoms with Crippen LogP contribution in [0, 0.1) is 0 Å². The van der Waals surface area contributed by atoms with Crippen molar-refractivity contribution in [3.05, 3.63) is 108 Å². The van der Waals surface area contributed by atoms with Crippen molar-refractivity contribution in [1.82, 2.24) is 19.5 Å². The number of nitrogens with one attached hydrogen (secondary N) is 1. The van der Waals surface area contributed by atoms with E-state index in [2.05, 4.69) is 10.3 Å². The Morgan fingerprint density at radius 1 is 1.00 bits per heavy atom. The lowest BCUT2D eigenvalue weighted by Crippen LogP contribution is -2.49. The number of alkyl halides is 2. The van der Waals surface area contributed by atoms with E-state index in [4.69, 9.17) is 33.2 Å². The minimum atomic E-state index is -3.11. The molecule has 0 amide bonds. The molecule has 3 aromatic carbocycles. The fraction of sp³-hybridized carbons (Fsp3) is 0.303. The minimum Gasteiger partial charge on any atom is -0.497 e. The summed E-state index contributed by atoms with van der Waals surface area (Å²) in [7, 11) is -1.51. The van der Waals surface area contributed by atoms with Gasteiger partial charge in [-0.2, -0.15) is 9.97 Å². The smallest absolute Gasteiger partial charge is 0.319 e. The summed E-state index contributed by atoms with van der Waals surface area (Å²) in [5.41, 5.74) is -0.629. The lowest BCUT2D eigenvalue weighted by atomic mass is 9.77. The molecule has 0 spiro atoms.